The molecule has 1 heterocycles. The lowest BCUT2D eigenvalue weighted by molar-refractivity contribution is -0.0795. The third-order valence-electron chi connectivity index (χ3n) is 3.57. The van der Waals surface area contributed by atoms with Gasteiger partial charge in [-0.25, -0.2) is 10.8 Å². The maximum atomic E-state index is 5.41. The number of nitrogens with two attached hydrogens (primary N) is 1. The van der Waals surface area contributed by atoms with Gasteiger partial charge in [0.05, 0.1) is 6.10 Å². The molecule has 1 aromatic heterocycles. The van der Waals surface area contributed by atoms with Gasteiger partial charge >= 0.3 is 0 Å². The van der Waals surface area contributed by atoms with Crippen molar-refractivity contribution in [1.82, 2.24) is 9.97 Å². The van der Waals surface area contributed by atoms with Crippen LogP contribution in [0.4, 0.5) is 11.8 Å². The molecule has 1 aromatic rings. The summed E-state index contributed by atoms with van der Waals surface area (Å²) in [5, 5.41) is 3.38. The summed E-state index contributed by atoms with van der Waals surface area (Å²) in [6.07, 6.45) is 2.96. The van der Waals surface area contributed by atoms with Crippen LogP contribution in [0.3, 0.4) is 0 Å². The molecule has 6 heteroatoms. The number of hydrogen-bond acceptors (Lipinski definition) is 6. The first kappa shape index (κ1) is 12.1. The Labute approximate surface area is 101 Å². The van der Waals surface area contributed by atoms with Crippen molar-refractivity contribution in [1.29, 1.82) is 0 Å². The fourth-order valence-electron chi connectivity index (χ4n) is 2.22. The minimum Gasteiger partial charge on any atom is -0.381 e. The van der Waals surface area contributed by atoms with E-state index >= 15 is 0 Å². The van der Waals surface area contributed by atoms with E-state index in [4.69, 9.17) is 10.6 Å². The summed E-state index contributed by atoms with van der Waals surface area (Å²) in [7, 11) is 1.75. The van der Waals surface area contributed by atoms with Crippen molar-refractivity contribution >= 4 is 11.8 Å². The van der Waals surface area contributed by atoms with Crippen LogP contribution in [0.1, 0.15) is 20.3 Å². The molecule has 6 nitrogen and oxygen atoms in total. The molecule has 4 N–H and O–H groups in total. The van der Waals surface area contributed by atoms with Gasteiger partial charge in [-0.3, -0.25) is 5.43 Å². The van der Waals surface area contributed by atoms with E-state index in [0.717, 1.165) is 12.2 Å². The number of anilines is 2. The maximum Gasteiger partial charge on any atom is 0.239 e. The quantitative estimate of drug-likeness (QED) is 0.535. The number of nitrogen functional groups attached to an aromatic ring is 1. The predicted octanol–water partition coefficient (Wildman–Crippen LogP) is 0.988. The lowest BCUT2D eigenvalue weighted by Gasteiger charge is -2.51. The summed E-state index contributed by atoms with van der Waals surface area (Å²) in [6, 6.07) is 2.19. The fourth-order valence-corrected chi connectivity index (χ4v) is 2.22. The second kappa shape index (κ2) is 4.46. The van der Waals surface area contributed by atoms with Crippen LogP contribution in [0.15, 0.2) is 12.3 Å². The van der Waals surface area contributed by atoms with Gasteiger partial charge in [0.25, 0.3) is 0 Å². The number of nitrogens with zero attached hydrogens (tertiary/aromatic N) is 2. The molecule has 0 saturated heterocycles. The Morgan fingerprint density at radius 2 is 2.29 bits per heavy atom. The molecule has 1 aliphatic rings. The fraction of sp³-hybridized carbons (Fsp3) is 0.636. The zero-order valence-corrected chi connectivity index (χ0v) is 10.4. The molecule has 1 fully saturated rings. The number of rotatable bonds is 4. The van der Waals surface area contributed by atoms with Gasteiger partial charge in [0.2, 0.25) is 5.95 Å². The summed E-state index contributed by atoms with van der Waals surface area (Å²) >= 11 is 0. The van der Waals surface area contributed by atoms with Crippen molar-refractivity contribution in [2.45, 2.75) is 32.4 Å². The van der Waals surface area contributed by atoms with Crippen LogP contribution in [-0.2, 0) is 4.74 Å². The number of aromatic nitrogens is 2. The van der Waals surface area contributed by atoms with Gasteiger partial charge in [0.15, 0.2) is 0 Å². The zero-order chi connectivity index (χ0) is 12.5. The number of nitrogens with one attached hydrogen (secondary N) is 2. The molecule has 1 saturated carbocycles. The van der Waals surface area contributed by atoms with Gasteiger partial charge < -0.3 is 10.1 Å². The van der Waals surface area contributed by atoms with Crippen molar-refractivity contribution in [2.75, 3.05) is 17.9 Å². The number of hydrazine groups is 1. The van der Waals surface area contributed by atoms with E-state index in [9.17, 15) is 0 Å². The maximum absolute atomic E-state index is 5.41. The van der Waals surface area contributed by atoms with Crippen LogP contribution < -0.4 is 16.6 Å². The molecule has 2 atom stereocenters. The molecule has 0 radical (unpaired) electrons. The molecule has 2 rings (SSSR count). The standard InChI is InChI=1S/C11H19N5O/c1-11(2)7(6-8(11)17-3)14-9-4-5-13-10(15-9)16-12/h4-5,7-8H,6,12H2,1-3H3,(H2,13,14,15,16). The first-order valence-electron chi connectivity index (χ1n) is 5.67. The highest BCUT2D eigenvalue weighted by molar-refractivity contribution is 5.41. The van der Waals surface area contributed by atoms with Gasteiger partial charge in [-0.2, -0.15) is 4.98 Å². The lowest BCUT2D eigenvalue weighted by atomic mass is 9.64. The van der Waals surface area contributed by atoms with Crippen LogP contribution in [0.25, 0.3) is 0 Å². The first-order chi connectivity index (χ1) is 8.07. The normalized spacial score (nSPS) is 26.1. The second-order valence-corrected chi connectivity index (χ2v) is 4.89. The molecule has 1 aliphatic carbocycles. The van der Waals surface area contributed by atoms with Crippen LogP contribution in [0, 0.1) is 5.41 Å². The number of ether oxygens (including phenoxy) is 1. The summed E-state index contributed by atoms with van der Waals surface area (Å²) in [5.74, 6) is 6.46. The second-order valence-electron chi connectivity index (χ2n) is 4.89. The third-order valence-corrected chi connectivity index (χ3v) is 3.57. The Hall–Kier alpha value is -1.40. The lowest BCUT2D eigenvalue weighted by Crippen LogP contribution is -2.57. The van der Waals surface area contributed by atoms with Crippen LogP contribution in [0.5, 0.6) is 0 Å². The summed E-state index contributed by atoms with van der Waals surface area (Å²) in [4.78, 5) is 8.19. The molecular weight excluding hydrogens is 218 g/mol. The molecule has 0 aromatic carbocycles. The molecule has 0 amide bonds. The number of hydrogen-bond donors (Lipinski definition) is 3. The Balaban J connectivity index is 2.02. The molecule has 0 aliphatic heterocycles. The molecule has 2 unspecified atom stereocenters. The van der Waals surface area contributed by atoms with Gasteiger partial charge in [0, 0.05) is 24.8 Å². The highest BCUT2D eigenvalue weighted by Gasteiger charge is 2.48. The van der Waals surface area contributed by atoms with Crippen molar-refractivity contribution in [3.63, 3.8) is 0 Å². The van der Waals surface area contributed by atoms with E-state index in [1.54, 1.807) is 13.3 Å². The van der Waals surface area contributed by atoms with Crippen LogP contribution in [0.2, 0.25) is 0 Å². The van der Waals surface area contributed by atoms with E-state index in [2.05, 4.69) is 34.6 Å². The van der Waals surface area contributed by atoms with E-state index in [-0.39, 0.29) is 5.41 Å². The monoisotopic (exact) mass is 237 g/mol. The van der Waals surface area contributed by atoms with Crippen LogP contribution >= 0.6 is 0 Å². The highest BCUT2D eigenvalue weighted by atomic mass is 16.5. The number of methoxy groups -OCH3 is 1. The minimum absolute atomic E-state index is 0.107. The smallest absolute Gasteiger partial charge is 0.239 e. The summed E-state index contributed by atoms with van der Waals surface area (Å²) in [6.45, 7) is 4.37. The van der Waals surface area contributed by atoms with Crippen molar-refractivity contribution in [3.8, 4) is 0 Å². The average Bonchev–Trinajstić information content (AvgIpc) is 2.34. The van der Waals surface area contributed by atoms with E-state index < -0.39 is 0 Å². The topological polar surface area (TPSA) is 85.1 Å². The largest absolute Gasteiger partial charge is 0.381 e. The zero-order valence-electron chi connectivity index (χ0n) is 10.4. The van der Waals surface area contributed by atoms with Crippen molar-refractivity contribution in [3.05, 3.63) is 12.3 Å². The molecule has 0 spiro atoms. The third kappa shape index (κ3) is 2.18. The van der Waals surface area contributed by atoms with Crippen molar-refractivity contribution in [2.24, 2.45) is 11.3 Å². The van der Waals surface area contributed by atoms with Gasteiger partial charge in [-0.1, -0.05) is 13.8 Å². The molecule has 17 heavy (non-hydrogen) atoms. The van der Waals surface area contributed by atoms with E-state index in [0.29, 0.717) is 18.1 Å². The summed E-state index contributed by atoms with van der Waals surface area (Å²) < 4.78 is 5.41. The SMILES string of the molecule is COC1CC(Nc2ccnc(NN)n2)C1(C)C. The summed E-state index contributed by atoms with van der Waals surface area (Å²) in [5.41, 5.74) is 2.54. The van der Waals surface area contributed by atoms with Gasteiger partial charge in [-0.05, 0) is 12.5 Å². The van der Waals surface area contributed by atoms with Gasteiger partial charge in [-0.15, -0.1) is 0 Å². The Morgan fingerprint density at radius 1 is 1.53 bits per heavy atom. The van der Waals surface area contributed by atoms with Crippen LogP contribution in [-0.4, -0.2) is 29.2 Å². The first-order valence-corrected chi connectivity index (χ1v) is 5.67. The van der Waals surface area contributed by atoms with E-state index in [1.807, 2.05) is 6.07 Å². The Morgan fingerprint density at radius 3 is 2.88 bits per heavy atom. The Kier molecular flexibility index (Phi) is 3.17. The average molecular weight is 237 g/mol. The molecular formula is C11H19N5O. The Bertz CT molecular complexity index is 395. The molecule has 0 bridgehead atoms. The predicted molar refractivity (Wildman–Crippen MR) is 66.4 cm³/mol. The highest BCUT2D eigenvalue weighted by Crippen LogP contribution is 2.43. The minimum atomic E-state index is 0.107. The molecule has 94 valence electrons. The van der Waals surface area contributed by atoms with Gasteiger partial charge in [0.1, 0.15) is 5.82 Å². The van der Waals surface area contributed by atoms with E-state index in [1.165, 1.54) is 0 Å². The van der Waals surface area contributed by atoms with Crippen molar-refractivity contribution < 1.29 is 4.74 Å².